The molecule has 0 amide bonds. The lowest BCUT2D eigenvalue weighted by Gasteiger charge is -2.26. The first-order valence-corrected chi connectivity index (χ1v) is 9.64. The predicted molar refractivity (Wildman–Crippen MR) is 116 cm³/mol. The third-order valence-electron chi connectivity index (χ3n) is 5.21. The number of halogens is 1. The van der Waals surface area contributed by atoms with E-state index in [9.17, 15) is 0 Å². The Kier molecular flexibility index (Phi) is 6.89. The van der Waals surface area contributed by atoms with E-state index >= 15 is 0 Å². The Labute approximate surface area is 167 Å². The van der Waals surface area contributed by atoms with E-state index < -0.39 is 0 Å². The zero-order valence-corrected chi connectivity index (χ0v) is 16.7. The number of pyridine rings is 1. The first-order chi connectivity index (χ1) is 12.8. The Bertz CT molecular complexity index is 893. The lowest BCUT2D eigenvalue weighted by Crippen LogP contribution is -2.36. The summed E-state index contributed by atoms with van der Waals surface area (Å²) in [5.41, 5.74) is 2.35. The Morgan fingerprint density at radius 2 is 1.89 bits per heavy atom. The van der Waals surface area contributed by atoms with E-state index in [4.69, 9.17) is 9.72 Å². The van der Waals surface area contributed by atoms with Gasteiger partial charge in [0.1, 0.15) is 5.82 Å². The predicted octanol–water partition coefficient (Wildman–Crippen LogP) is 4.64. The van der Waals surface area contributed by atoms with Crippen LogP contribution in [-0.2, 0) is 4.74 Å². The molecular formula is C22H28ClN3O. The molecule has 1 N–H and O–H groups in total. The SMILES string of the molecule is Cc1cc(NCCCCN2CCOCC2)nc2ccc3ccccc3c12.Cl. The largest absolute Gasteiger partial charge is 0.379 e. The molecule has 5 heteroatoms. The summed E-state index contributed by atoms with van der Waals surface area (Å²) in [6.45, 7) is 8.23. The number of aromatic nitrogens is 1. The third kappa shape index (κ3) is 4.70. The van der Waals surface area contributed by atoms with E-state index in [1.807, 2.05) is 0 Å². The van der Waals surface area contributed by atoms with Gasteiger partial charge in [-0.1, -0.05) is 30.3 Å². The van der Waals surface area contributed by atoms with Gasteiger partial charge in [0.2, 0.25) is 0 Å². The van der Waals surface area contributed by atoms with Crippen molar-refractivity contribution in [2.75, 3.05) is 44.7 Å². The van der Waals surface area contributed by atoms with E-state index in [-0.39, 0.29) is 12.4 Å². The molecule has 3 aromatic rings. The number of nitrogens with one attached hydrogen (secondary N) is 1. The van der Waals surface area contributed by atoms with Gasteiger partial charge in [0.05, 0.1) is 18.7 Å². The molecule has 4 nitrogen and oxygen atoms in total. The van der Waals surface area contributed by atoms with Gasteiger partial charge < -0.3 is 10.1 Å². The van der Waals surface area contributed by atoms with Crippen molar-refractivity contribution in [3.8, 4) is 0 Å². The van der Waals surface area contributed by atoms with Crippen molar-refractivity contribution >= 4 is 39.9 Å². The molecule has 0 radical (unpaired) electrons. The van der Waals surface area contributed by atoms with Gasteiger partial charge in [0, 0.05) is 25.0 Å². The summed E-state index contributed by atoms with van der Waals surface area (Å²) < 4.78 is 5.40. The number of morpholine rings is 1. The molecule has 1 aromatic heterocycles. The highest BCUT2D eigenvalue weighted by Gasteiger charge is 2.09. The van der Waals surface area contributed by atoms with Crippen molar-refractivity contribution in [2.24, 2.45) is 0 Å². The minimum atomic E-state index is 0. The van der Waals surface area contributed by atoms with Crippen LogP contribution in [-0.4, -0.2) is 49.3 Å². The number of unbranched alkanes of at least 4 members (excludes halogenated alkanes) is 1. The molecule has 1 aliphatic rings. The lowest BCUT2D eigenvalue weighted by molar-refractivity contribution is 0.0373. The number of nitrogens with zero attached hydrogens (tertiary/aromatic N) is 2. The van der Waals surface area contributed by atoms with E-state index in [0.29, 0.717) is 0 Å². The maximum Gasteiger partial charge on any atom is 0.126 e. The second-order valence-electron chi connectivity index (χ2n) is 7.09. The Morgan fingerprint density at radius 3 is 2.74 bits per heavy atom. The summed E-state index contributed by atoms with van der Waals surface area (Å²) in [6.07, 6.45) is 2.37. The number of fused-ring (bicyclic) bond motifs is 3. The monoisotopic (exact) mass is 385 g/mol. The average Bonchev–Trinajstić information content (AvgIpc) is 2.68. The number of hydrogen-bond donors (Lipinski definition) is 1. The molecule has 1 fully saturated rings. The van der Waals surface area contributed by atoms with Crippen LogP contribution in [0.15, 0.2) is 42.5 Å². The van der Waals surface area contributed by atoms with Gasteiger partial charge in [0.25, 0.3) is 0 Å². The Hall–Kier alpha value is -1.88. The topological polar surface area (TPSA) is 37.4 Å². The molecule has 4 rings (SSSR count). The molecule has 0 unspecified atom stereocenters. The summed E-state index contributed by atoms with van der Waals surface area (Å²) in [5.74, 6) is 0.983. The van der Waals surface area contributed by atoms with Gasteiger partial charge >= 0.3 is 0 Å². The molecule has 144 valence electrons. The smallest absolute Gasteiger partial charge is 0.126 e. The summed E-state index contributed by atoms with van der Waals surface area (Å²) in [4.78, 5) is 7.33. The summed E-state index contributed by atoms with van der Waals surface area (Å²) in [7, 11) is 0. The van der Waals surface area contributed by atoms with E-state index in [2.05, 4.69) is 59.6 Å². The van der Waals surface area contributed by atoms with Crippen LogP contribution in [0, 0.1) is 6.92 Å². The second-order valence-corrected chi connectivity index (χ2v) is 7.09. The van der Waals surface area contributed by atoms with Gasteiger partial charge in [-0.15, -0.1) is 12.4 Å². The Morgan fingerprint density at radius 1 is 1.07 bits per heavy atom. The number of rotatable bonds is 6. The molecule has 2 aromatic carbocycles. The standard InChI is InChI=1S/C22H27N3O.ClH/c1-17-16-21(23-10-4-5-11-25-12-14-26-15-13-25)24-20-9-8-18-6-2-3-7-19(18)22(17)20;/h2-3,6-9,16H,4-5,10-15H2,1H3,(H,23,24);1H. The molecule has 0 atom stereocenters. The van der Waals surface area contributed by atoms with Crippen molar-refractivity contribution in [3.63, 3.8) is 0 Å². The molecule has 1 aliphatic heterocycles. The van der Waals surface area contributed by atoms with Gasteiger partial charge in [-0.2, -0.15) is 0 Å². The molecule has 0 bridgehead atoms. The molecule has 2 heterocycles. The van der Waals surface area contributed by atoms with Crippen LogP contribution < -0.4 is 5.32 Å². The number of hydrogen-bond acceptors (Lipinski definition) is 4. The fourth-order valence-electron chi connectivity index (χ4n) is 3.80. The van der Waals surface area contributed by atoms with Crippen LogP contribution >= 0.6 is 12.4 Å². The molecule has 27 heavy (non-hydrogen) atoms. The molecule has 0 saturated carbocycles. The normalized spacial score (nSPS) is 15.0. The quantitative estimate of drug-likeness (QED) is 0.495. The average molecular weight is 386 g/mol. The van der Waals surface area contributed by atoms with Crippen LogP contribution in [0.4, 0.5) is 5.82 Å². The fraction of sp³-hybridized carbons (Fsp3) is 0.409. The first-order valence-electron chi connectivity index (χ1n) is 9.64. The number of ether oxygens (including phenoxy) is 1. The fourth-order valence-corrected chi connectivity index (χ4v) is 3.80. The van der Waals surface area contributed by atoms with Crippen molar-refractivity contribution < 1.29 is 4.74 Å². The van der Waals surface area contributed by atoms with E-state index in [0.717, 1.165) is 50.6 Å². The second kappa shape index (κ2) is 9.36. The van der Waals surface area contributed by atoms with Crippen LogP contribution in [0.25, 0.3) is 21.7 Å². The summed E-state index contributed by atoms with van der Waals surface area (Å²) in [5, 5.41) is 7.33. The van der Waals surface area contributed by atoms with Gasteiger partial charge in [-0.3, -0.25) is 4.90 Å². The first kappa shape index (κ1) is 19.9. The van der Waals surface area contributed by atoms with Gasteiger partial charge in [-0.05, 0) is 54.8 Å². The number of aryl methyl sites for hydroxylation is 1. The third-order valence-corrected chi connectivity index (χ3v) is 5.21. The molecule has 0 aliphatic carbocycles. The highest BCUT2D eigenvalue weighted by molar-refractivity contribution is 6.08. The number of benzene rings is 2. The zero-order valence-electron chi connectivity index (χ0n) is 15.9. The van der Waals surface area contributed by atoms with Crippen LogP contribution in [0.1, 0.15) is 18.4 Å². The van der Waals surface area contributed by atoms with Crippen LogP contribution in [0.3, 0.4) is 0 Å². The van der Waals surface area contributed by atoms with Crippen LogP contribution in [0.2, 0.25) is 0 Å². The minimum absolute atomic E-state index is 0. The van der Waals surface area contributed by atoms with Crippen molar-refractivity contribution in [1.29, 1.82) is 0 Å². The minimum Gasteiger partial charge on any atom is -0.379 e. The van der Waals surface area contributed by atoms with Crippen molar-refractivity contribution in [1.82, 2.24) is 9.88 Å². The molecule has 0 spiro atoms. The summed E-state index contributed by atoms with van der Waals surface area (Å²) >= 11 is 0. The number of anilines is 1. The maximum absolute atomic E-state index is 5.40. The maximum atomic E-state index is 5.40. The molecule has 1 saturated heterocycles. The van der Waals surface area contributed by atoms with E-state index in [1.54, 1.807) is 0 Å². The zero-order chi connectivity index (χ0) is 17.8. The highest BCUT2D eigenvalue weighted by Crippen LogP contribution is 2.28. The van der Waals surface area contributed by atoms with Gasteiger partial charge in [-0.25, -0.2) is 4.98 Å². The van der Waals surface area contributed by atoms with Crippen molar-refractivity contribution in [2.45, 2.75) is 19.8 Å². The molecular weight excluding hydrogens is 358 g/mol. The summed E-state index contributed by atoms with van der Waals surface area (Å²) in [6, 6.07) is 15.0. The Balaban J connectivity index is 0.00000210. The van der Waals surface area contributed by atoms with E-state index in [1.165, 1.54) is 34.7 Å². The lowest BCUT2D eigenvalue weighted by atomic mass is 10.0. The van der Waals surface area contributed by atoms with Crippen LogP contribution in [0.5, 0.6) is 0 Å². The highest BCUT2D eigenvalue weighted by atomic mass is 35.5. The van der Waals surface area contributed by atoms with Crippen molar-refractivity contribution in [3.05, 3.63) is 48.0 Å². The van der Waals surface area contributed by atoms with Gasteiger partial charge in [0.15, 0.2) is 0 Å².